The molecule has 0 aliphatic heterocycles. The van der Waals surface area contributed by atoms with Gasteiger partial charge >= 0.3 is 6.18 Å². The van der Waals surface area contributed by atoms with Crippen LogP contribution < -0.4 is 16.2 Å². The predicted molar refractivity (Wildman–Crippen MR) is 69.6 cm³/mol. The van der Waals surface area contributed by atoms with Gasteiger partial charge in [-0.15, -0.1) is 0 Å². The Morgan fingerprint density at radius 3 is 2.47 bits per heavy atom. The molecule has 0 saturated heterocycles. The lowest BCUT2D eigenvalue weighted by molar-refractivity contribution is -0.137. The summed E-state index contributed by atoms with van der Waals surface area (Å²) in [6, 6.07) is 2.79. The van der Waals surface area contributed by atoms with Gasteiger partial charge in [-0.3, -0.25) is 15.6 Å². The third-order valence-electron chi connectivity index (χ3n) is 1.89. The van der Waals surface area contributed by atoms with Gasteiger partial charge in [-0.05, 0) is 30.4 Å². The minimum absolute atomic E-state index is 0.0145. The number of halogens is 4. The Balaban J connectivity index is 2.83. The van der Waals surface area contributed by atoms with Crippen LogP contribution in [-0.2, 0) is 11.0 Å². The van der Waals surface area contributed by atoms with Crippen LogP contribution in [0.15, 0.2) is 18.2 Å². The molecule has 0 bridgehead atoms. The van der Waals surface area contributed by atoms with Gasteiger partial charge in [-0.2, -0.15) is 13.2 Å². The molecule has 0 aliphatic carbocycles. The summed E-state index contributed by atoms with van der Waals surface area (Å²) in [6.45, 7) is 1.24. The Kier molecular flexibility index (Phi) is 4.96. The fourth-order valence-corrected chi connectivity index (χ4v) is 1.42. The number of amides is 1. The molecule has 1 aromatic carbocycles. The average molecular weight is 312 g/mol. The first-order chi connectivity index (χ1) is 8.70. The van der Waals surface area contributed by atoms with E-state index in [4.69, 9.17) is 23.8 Å². The van der Waals surface area contributed by atoms with Crippen molar-refractivity contribution < 1.29 is 18.0 Å². The molecule has 19 heavy (non-hydrogen) atoms. The fourth-order valence-electron chi connectivity index (χ4n) is 1.10. The van der Waals surface area contributed by atoms with Crippen molar-refractivity contribution in [1.29, 1.82) is 0 Å². The predicted octanol–water partition coefficient (Wildman–Crippen LogP) is 2.70. The van der Waals surface area contributed by atoms with Crippen LogP contribution in [0.2, 0.25) is 5.02 Å². The number of anilines is 1. The van der Waals surface area contributed by atoms with E-state index in [2.05, 4.69) is 16.2 Å². The summed E-state index contributed by atoms with van der Waals surface area (Å²) in [4.78, 5) is 10.6. The molecule has 1 rings (SSSR count). The first-order valence-corrected chi connectivity index (χ1v) is 5.69. The second kappa shape index (κ2) is 6.07. The van der Waals surface area contributed by atoms with Gasteiger partial charge in [0.25, 0.3) is 0 Å². The van der Waals surface area contributed by atoms with Gasteiger partial charge < -0.3 is 5.32 Å². The van der Waals surface area contributed by atoms with E-state index in [1.807, 2.05) is 0 Å². The van der Waals surface area contributed by atoms with Crippen LogP contribution >= 0.6 is 23.8 Å². The molecule has 9 heteroatoms. The zero-order chi connectivity index (χ0) is 14.6. The Morgan fingerprint density at radius 1 is 1.32 bits per heavy atom. The number of thiocarbonyl (C=S) groups is 1. The van der Waals surface area contributed by atoms with E-state index in [9.17, 15) is 18.0 Å². The van der Waals surface area contributed by atoms with Gasteiger partial charge in [-0.1, -0.05) is 11.6 Å². The maximum absolute atomic E-state index is 12.5. The zero-order valence-corrected chi connectivity index (χ0v) is 11.1. The average Bonchev–Trinajstić information content (AvgIpc) is 2.28. The molecule has 0 radical (unpaired) electrons. The van der Waals surface area contributed by atoms with Crippen molar-refractivity contribution in [2.75, 3.05) is 5.32 Å². The lowest BCUT2D eigenvalue weighted by Gasteiger charge is -2.14. The molecule has 104 valence electrons. The van der Waals surface area contributed by atoms with Crippen LogP contribution in [-0.4, -0.2) is 11.0 Å². The molecule has 0 saturated carbocycles. The SMILES string of the molecule is CC(=O)NNC(=S)Nc1cc(C(F)(F)F)ccc1Cl. The third kappa shape index (κ3) is 4.92. The highest BCUT2D eigenvalue weighted by molar-refractivity contribution is 7.80. The first kappa shape index (κ1) is 15.5. The molecule has 0 spiro atoms. The number of nitrogens with one attached hydrogen (secondary N) is 3. The third-order valence-corrected chi connectivity index (χ3v) is 2.43. The van der Waals surface area contributed by atoms with E-state index in [1.165, 1.54) is 6.92 Å². The van der Waals surface area contributed by atoms with Crippen molar-refractivity contribution in [2.24, 2.45) is 0 Å². The summed E-state index contributed by atoms with van der Waals surface area (Å²) >= 11 is 10.5. The molecule has 0 fully saturated rings. The number of hydrazine groups is 1. The number of rotatable bonds is 1. The van der Waals surface area contributed by atoms with Crippen LogP contribution in [0.5, 0.6) is 0 Å². The number of carbonyl (C=O) groups is 1. The number of hydrogen-bond acceptors (Lipinski definition) is 2. The molecule has 0 aromatic heterocycles. The van der Waals surface area contributed by atoms with Gasteiger partial charge in [-0.25, -0.2) is 0 Å². The van der Waals surface area contributed by atoms with Gasteiger partial charge in [0.2, 0.25) is 5.91 Å². The van der Waals surface area contributed by atoms with E-state index >= 15 is 0 Å². The second-order valence-electron chi connectivity index (χ2n) is 3.45. The Hall–Kier alpha value is -1.54. The summed E-state index contributed by atoms with van der Waals surface area (Å²) in [6.07, 6.45) is -4.48. The zero-order valence-electron chi connectivity index (χ0n) is 9.56. The van der Waals surface area contributed by atoms with Crippen LogP contribution in [0.1, 0.15) is 12.5 Å². The monoisotopic (exact) mass is 311 g/mol. The summed E-state index contributed by atoms with van der Waals surface area (Å²) < 4.78 is 37.5. The molecular formula is C10H9ClF3N3OS. The van der Waals surface area contributed by atoms with E-state index in [0.717, 1.165) is 18.2 Å². The highest BCUT2D eigenvalue weighted by atomic mass is 35.5. The van der Waals surface area contributed by atoms with E-state index in [1.54, 1.807) is 0 Å². The van der Waals surface area contributed by atoms with Crippen molar-refractivity contribution in [2.45, 2.75) is 13.1 Å². The largest absolute Gasteiger partial charge is 0.416 e. The fraction of sp³-hybridized carbons (Fsp3) is 0.200. The Bertz CT molecular complexity index is 507. The molecule has 0 unspecified atom stereocenters. The number of benzene rings is 1. The lowest BCUT2D eigenvalue weighted by atomic mass is 10.2. The normalized spacial score (nSPS) is 10.8. The lowest BCUT2D eigenvalue weighted by Crippen LogP contribution is -2.42. The summed E-state index contributed by atoms with van der Waals surface area (Å²) in [5, 5.41) is 2.43. The molecule has 0 atom stereocenters. The van der Waals surface area contributed by atoms with Gasteiger partial charge in [0.15, 0.2) is 5.11 Å². The number of carbonyl (C=O) groups excluding carboxylic acids is 1. The van der Waals surface area contributed by atoms with E-state index in [0.29, 0.717) is 0 Å². The quantitative estimate of drug-likeness (QED) is 0.551. The van der Waals surface area contributed by atoms with Crippen molar-refractivity contribution in [3.8, 4) is 0 Å². The van der Waals surface area contributed by atoms with Crippen molar-refractivity contribution in [3.63, 3.8) is 0 Å². The maximum atomic E-state index is 12.5. The van der Waals surface area contributed by atoms with Gasteiger partial charge in [0.05, 0.1) is 16.3 Å². The minimum Gasteiger partial charge on any atom is -0.330 e. The topological polar surface area (TPSA) is 53.2 Å². The molecule has 1 amide bonds. The molecule has 0 aliphatic rings. The highest BCUT2D eigenvalue weighted by Gasteiger charge is 2.31. The maximum Gasteiger partial charge on any atom is 0.416 e. The molecular weight excluding hydrogens is 303 g/mol. The Labute approximate surface area is 117 Å². The van der Waals surface area contributed by atoms with Crippen molar-refractivity contribution in [1.82, 2.24) is 10.9 Å². The van der Waals surface area contributed by atoms with Gasteiger partial charge in [0.1, 0.15) is 0 Å². The first-order valence-electron chi connectivity index (χ1n) is 4.90. The molecule has 4 nitrogen and oxygen atoms in total. The van der Waals surface area contributed by atoms with Crippen molar-refractivity contribution >= 4 is 40.5 Å². The van der Waals surface area contributed by atoms with Crippen LogP contribution in [0.4, 0.5) is 18.9 Å². The Morgan fingerprint density at radius 2 is 1.95 bits per heavy atom. The minimum atomic E-state index is -4.48. The summed E-state index contributed by atoms with van der Waals surface area (Å²) in [7, 11) is 0. The molecule has 3 N–H and O–H groups in total. The van der Waals surface area contributed by atoms with Crippen LogP contribution in [0.25, 0.3) is 0 Å². The van der Waals surface area contributed by atoms with E-state index < -0.39 is 17.6 Å². The number of alkyl halides is 3. The standard InChI is InChI=1S/C10H9ClF3N3OS/c1-5(18)16-17-9(19)15-8-4-6(10(12,13)14)2-3-7(8)11/h2-4H,1H3,(H,16,18)(H2,15,17,19). The van der Waals surface area contributed by atoms with E-state index in [-0.39, 0.29) is 15.8 Å². The van der Waals surface area contributed by atoms with Gasteiger partial charge in [0, 0.05) is 6.92 Å². The number of hydrogen-bond donors (Lipinski definition) is 3. The molecule has 0 heterocycles. The smallest absolute Gasteiger partial charge is 0.330 e. The van der Waals surface area contributed by atoms with Crippen molar-refractivity contribution in [3.05, 3.63) is 28.8 Å². The summed E-state index contributed by atoms with van der Waals surface area (Å²) in [5.41, 5.74) is 3.59. The molecule has 1 aromatic rings. The second-order valence-corrected chi connectivity index (χ2v) is 4.27. The van der Waals surface area contributed by atoms with Crippen LogP contribution in [0, 0.1) is 0 Å². The summed E-state index contributed by atoms with van der Waals surface area (Å²) in [5.74, 6) is -0.403. The van der Waals surface area contributed by atoms with Crippen LogP contribution in [0.3, 0.4) is 0 Å². The highest BCUT2D eigenvalue weighted by Crippen LogP contribution is 2.33.